The molecule has 1 fully saturated rings. The van der Waals surface area contributed by atoms with E-state index in [4.69, 9.17) is 17.0 Å². The highest BCUT2D eigenvalue weighted by Gasteiger charge is 2.43. The van der Waals surface area contributed by atoms with Gasteiger partial charge >= 0.3 is 0 Å². The second-order valence-corrected chi connectivity index (χ2v) is 7.75. The summed E-state index contributed by atoms with van der Waals surface area (Å²) in [4.78, 5) is 9.05. The molecule has 0 saturated carbocycles. The number of pyridine rings is 1. The maximum atomic E-state index is 5.66. The number of anilines is 1. The zero-order valence-electron chi connectivity index (χ0n) is 15.9. The molecule has 0 unspecified atom stereocenters. The number of nitrogens with one attached hydrogen (secondary N) is 1. The molecule has 27 heavy (non-hydrogen) atoms. The van der Waals surface area contributed by atoms with Crippen LogP contribution in [0.15, 0.2) is 42.6 Å². The highest BCUT2D eigenvalue weighted by molar-refractivity contribution is 7.80. The van der Waals surface area contributed by atoms with Crippen molar-refractivity contribution in [3.8, 4) is 5.88 Å². The molecule has 3 heterocycles. The van der Waals surface area contributed by atoms with Crippen LogP contribution in [0.2, 0.25) is 0 Å². The maximum Gasteiger partial charge on any atom is 0.213 e. The van der Waals surface area contributed by atoms with Gasteiger partial charge < -0.3 is 15.0 Å². The number of aromatic nitrogens is 1. The second kappa shape index (κ2) is 7.44. The van der Waals surface area contributed by atoms with E-state index in [9.17, 15) is 0 Å². The zero-order valence-corrected chi connectivity index (χ0v) is 16.8. The Hall–Kier alpha value is -2.18. The van der Waals surface area contributed by atoms with Gasteiger partial charge in [0.05, 0.1) is 19.0 Å². The van der Waals surface area contributed by atoms with E-state index in [1.165, 1.54) is 11.1 Å². The van der Waals surface area contributed by atoms with E-state index in [1.54, 1.807) is 13.3 Å². The summed E-state index contributed by atoms with van der Waals surface area (Å²) in [7, 11) is 3.88. The third-order valence-corrected chi connectivity index (χ3v) is 6.40. The number of piperidine rings is 1. The Labute approximate surface area is 166 Å². The Balaban J connectivity index is 1.44. The predicted octanol–water partition coefficient (Wildman–Crippen LogP) is 3.27. The second-order valence-electron chi connectivity index (χ2n) is 7.37. The van der Waals surface area contributed by atoms with Crippen LogP contribution in [0.25, 0.3) is 0 Å². The van der Waals surface area contributed by atoms with Gasteiger partial charge in [-0.3, -0.25) is 4.90 Å². The van der Waals surface area contributed by atoms with Crippen molar-refractivity contribution < 1.29 is 4.74 Å². The summed E-state index contributed by atoms with van der Waals surface area (Å²) in [6.45, 7) is 3.03. The summed E-state index contributed by atoms with van der Waals surface area (Å²) in [5.41, 5.74) is 4.05. The number of methoxy groups -OCH3 is 1. The van der Waals surface area contributed by atoms with E-state index in [-0.39, 0.29) is 5.54 Å². The molecular weight excluding hydrogens is 356 g/mol. The zero-order chi connectivity index (χ0) is 18.9. The molecule has 2 aliphatic rings. The van der Waals surface area contributed by atoms with Crippen molar-refractivity contribution in [2.24, 2.45) is 0 Å². The van der Waals surface area contributed by atoms with Gasteiger partial charge in [-0.05, 0) is 55.7 Å². The molecule has 0 aliphatic carbocycles. The largest absolute Gasteiger partial charge is 0.481 e. The van der Waals surface area contributed by atoms with Crippen LogP contribution in [-0.4, -0.2) is 53.7 Å². The summed E-state index contributed by atoms with van der Waals surface area (Å²) in [5.74, 6) is 0.602. The van der Waals surface area contributed by atoms with Crippen molar-refractivity contribution in [1.29, 1.82) is 0 Å². The number of fused-ring (bicyclic) bond motifs is 2. The number of benzene rings is 1. The lowest BCUT2D eigenvalue weighted by molar-refractivity contribution is 0.0473. The van der Waals surface area contributed by atoms with E-state index in [0.717, 1.165) is 49.7 Å². The fourth-order valence-electron chi connectivity index (χ4n) is 4.41. The minimum Gasteiger partial charge on any atom is -0.481 e. The number of hydrogen-bond donors (Lipinski definition) is 1. The van der Waals surface area contributed by atoms with Crippen LogP contribution in [-0.2, 0) is 12.0 Å². The molecule has 2 aliphatic heterocycles. The van der Waals surface area contributed by atoms with Crippen molar-refractivity contribution in [1.82, 2.24) is 14.8 Å². The van der Waals surface area contributed by atoms with E-state index in [0.29, 0.717) is 5.88 Å². The van der Waals surface area contributed by atoms with Gasteiger partial charge in [-0.15, -0.1) is 0 Å². The van der Waals surface area contributed by atoms with Gasteiger partial charge in [0, 0.05) is 31.2 Å². The van der Waals surface area contributed by atoms with Crippen molar-refractivity contribution in [2.45, 2.75) is 24.8 Å². The quantitative estimate of drug-likeness (QED) is 0.804. The van der Waals surface area contributed by atoms with Crippen LogP contribution < -0.4 is 10.1 Å². The number of hydrogen-bond acceptors (Lipinski definition) is 4. The summed E-state index contributed by atoms with van der Waals surface area (Å²) in [6, 6.07) is 12.7. The molecule has 6 heteroatoms. The number of thiocarbonyl (C=S) groups is 1. The first-order chi connectivity index (χ1) is 13.1. The first-order valence-corrected chi connectivity index (χ1v) is 9.89. The fourth-order valence-corrected chi connectivity index (χ4v) is 4.71. The summed E-state index contributed by atoms with van der Waals surface area (Å²) >= 11 is 5.66. The number of nitrogens with zero attached hydrogens (tertiary/aromatic N) is 3. The predicted molar refractivity (Wildman–Crippen MR) is 112 cm³/mol. The molecule has 2 aromatic rings. The van der Waals surface area contributed by atoms with Gasteiger partial charge in [0.25, 0.3) is 0 Å². The average molecular weight is 383 g/mol. The molecule has 4 rings (SSSR count). The van der Waals surface area contributed by atoms with E-state index < -0.39 is 0 Å². The first kappa shape index (κ1) is 18.2. The van der Waals surface area contributed by atoms with Crippen LogP contribution in [0.1, 0.15) is 24.0 Å². The van der Waals surface area contributed by atoms with Gasteiger partial charge in [-0.1, -0.05) is 24.3 Å². The van der Waals surface area contributed by atoms with Crippen molar-refractivity contribution in [2.75, 3.05) is 39.1 Å². The molecule has 1 spiro atoms. The Morgan fingerprint density at radius 1 is 1.15 bits per heavy atom. The molecule has 5 nitrogen and oxygen atoms in total. The fraction of sp³-hybridized carbons (Fsp3) is 0.429. The monoisotopic (exact) mass is 382 g/mol. The normalized spacial score (nSPS) is 18.8. The van der Waals surface area contributed by atoms with Gasteiger partial charge in [0.1, 0.15) is 0 Å². The van der Waals surface area contributed by atoms with Gasteiger partial charge in [-0.2, -0.15) is 0 Å². The Morgan fingerprint density at radius 2 is 1.93 bits per heavy atom. The number of likely N-dealkylation sites (N-methyl/N-ethyl adjacent to an activating group) is 1. The first-order valence-electron chi connectivity index (χ1n) is 9.48. The topological polar surface area (TPSA) is 40.6 Å². The minimum atomic E-state index is 0.141. The minimum absolute atomic E-state index is 0.141. The van der Waals surface area contributed by atoms with E-state index in [1.807, 2.05) is 12.1 Å². The standard InChI is InChI=1S/C21H26N4OS/c1-24-12-9-16-5-3-4-6-18(16)21(24)10-13-25(14-11-21)20(27)23-17-7-8-19(26-2)22-15-17/h3-8,15H,9-14H2,1-2H3,(H,23,27). The van der Waals surface area contributed by atoms with Crippen LogP contribution in [0.5, 0.6) is 5.88 Å². The van der Waals surface area contributed by atoms with Crippen LogP contribution >= 0.6 is 12.2 Å². The molecule has 1 saturated heterocycles. The number of rotatable bonds is 2. The maximum absolute atomic E-state index is 5.66. The molecule has 0 atom stereocenters. The van der Waals surface area contributed by atoms with Gasteiger partial charge in [-0.25, -0.2) is 4.98 Å². The van der Waals surface area contributed by atoms with Crippen LogP contribution in [0.4, 0.5) is 5.69 Å². The third kappa shape index (κ3) is 3.39. The summed E-state index contributed by atoms with van der Waals surface area (Å²) in [6.07, 6.45) is 5.07. The molecule has 1 N–H and O–H groups in total. The lowest BCUT2D eigenvalue weighted by Gasteiger charge is -2.51. The molecule has 142 valence electrons. The lowest BCUT2D eigenvalue weighted by Crippen LogP contribution is -2.56. The molecule has 0 bridgehead atoms. The van der Waals surface area contributed by atoms with E-state index >= 15 is 0 Å². The van der Waals surface area contributed by atoms with Gasteiger partial charge in [0.15, 0.2) is 5.11 Å². The van der Waals surface area contributed by atoms with Crippen molar-refractivity contribution >= 4 is 23.0 Å². The smallest absolute Gasteiger partial charge is 0.213 e. The van der Waals surface area contributed by atoms with Gasteiger partial charge in [0.2, 0.25) is 5.88 Å². The highest BCUT2D eigenvalue weighted by Crippen LogP contribution is 2.42. The molecule has 0 amide bonds. The average Bonchev–Trinajstić information content (AvgIpc) is 2.72. The molecular formula is C21H26N4OS. The molecule has 1 aromatic carbocycles. The highest BCUT2D eigenvalue weighted by atomic mass is 32.1. The molecule has 0 radical (unpaired) electrons. The molecule has 1 aromatic heterocycles. The number of ether oxygens (including phenoxy) is 1. The summed E-state index contributed by atoms with van der Waals surface area (Å²) in [5, 5.41) is 4.08. The Bertz CT molecular complexity index is 815. The summed E-state index contributed by atoms with van der Waals surface area (Å²) < 4.78 is 5.11. The lowest BCUT2D eigenvalue weighted by atomic mass is 9.74. The Kier molecular flexibility index (Phi) is 5.02. The third-order valence-electron chi connectivity index (χ3n) is 6.04. The SMILES string of the molecule is COc1ccc(NC(=S)N2CCC3(CC2)c2ccccc2CCN3C)cn1. The van der Waals surface area contributed by atoms with E-state index in [2.05, 4.69) is 51.4 Å². The van der Waals surface area contributed by atoms with Crippen molar-refractivity contribution in [3.05, 3.63) is 53.7 Å². The Morgan fingerprint density at radius 3 is 2.63 bits per heavy atom. The van der Waals surface area contributed by atoms with Crippen LogP contribution in [0.3, 0.4) is 0 Å². The van der Waals surface area contributed by atoms with Crippen molar-refractivity contribution in [3.63, 3.8) is 0 Å². The van der Waals surface area contributed by atoms with Crippen LogP contribution in [0, 0.1) is 0 Å². The number of likely N-dealkylation sites (tertiary alicyclic amines) is 1.